The van der Waals surface area contributed by atoms with Gasteiger partial charge in [0, 0.05) is 5.56 Å². The minimum atomic E-state index is 0.0655. The third kappa shape index (κ3) is 2.31. The molecule has 0 aliphatic heterocycles. The van der Waals surface area contributed by atoms with E-state index in [4.69, 9.17) is 4.42 Å². The van der Waals surface area contributed by atoms with Gasteiger partial charge in [0.25, 0.3) is 0 Å². The molecular weight excluding hydrogens is 164 g/mol. The van der Waals surface area contributed by atoms with E-state index < -0.39 is 0 Å². The van der Waals surface area contributed by atoms with Gasteiger partial charge in [-0.2, -0.15) is 0 Å². The highest BCUT2D eigenvalue weighted by molar-refractivity contribution is 5.94. The van der Waals surface area contributed by atoms with Crippen molar-refractivity contribution in [3.05, 3.63) is 29.2 Å². The summed E-state index contributed by atoms with van der Waals surface area (Å²) in [5.74, 6) is 1.81. The highest BCUT2D eigenvalue weighted by Crippen LogP contribution is 2.21. The molecule has 1 aromatic heterocycles. The topological polar surface area (TPSA) is 30.2 Å². The molecule has 13 heavy (non-hydrogen) atoms. The number of carbonyl (C=O) groups excluding carboxylic acids is 1. The molecule has 1 heterocycles. The van der Waals surface area contributed by atoms with Crippen molar-refractivity contribution >= 4 is 11.4 Å². The minimum absolute atomic E-state index is 0.0655. The summed E-state index contributed by atoms with van der Waals surface area (Å²) in [4.78, 5) is 10.8. The predicted octanol–water partition coefficient (Wildman–Crippen LogP) is 2.89. The van der Waals surface area contributed by atoms with Crippen LogP contribution in [0.4, 0.5) is 0 Å². The molecule has 70 valence electrons. The van der Waals surface area contributed by atoms with Gasteiger partial charge in [0.15, 0.2) is 5.78 Å². The second-order valence-corrected chi connectivity index (χ2v) is 3.26. The average molecular weight is 178 g/mol. The van der Waals surface area contributed by atoms with Crippen LogP contribution in [0.1, 0.15) is 30.9 Å². The molecule has 0 aliphatic carbocycles. The molecule has 0 spiro atoms. The lowest BCUT2D eigenvalue weighted by Gasteiger charge is -1.96. The van der Waals surface area contributed by atoms with Crippen molar-refractivity contribution in [2.45, 2.75) is 27.7 Å². The highest BCUT2D eigenvalue weighted by Gasteiger charge is 2.06. The standard InChI is InChI=1S/C11H14O2/c1-7(5-8(2)12)11-6-9(3)13-10(11)4/h5-6H,1-4H3/b7-5-. The Bertz CT molecular complexity index is 356. The molecule has 0 aliphatic rings. The number of furan rings is 1. The second kappa shape index (κ2) is 3.60. The summed E-state index contributed by atoms with van der Waals surface area (Å²) in [5.41, 5.74) is 1.98. The summed E-state index contributed by atoms with van der Waals surface area (Å²) in [7, 11) is 0. The number of allylic oxidation sites excluding steroid dienone is 2. The number of ketones is 1. The number of aryl methyl sites for hydroxylation is 2. The number of hydrogen-bond acceptors (Lipinski definition) is 2. The summed E-state index contributed by atoms with van der Waals surface area (Å²) in [6, 6.07) is 1.95. The Labute approximate surface area is 78.3 Å². The zero-order chi connectivity index (χ0) is 10.0. The summed E-state index contributed by atoms with van der Waals surface area (Å²) in [5, 5.41) is 0. The van der Waals surface area contributed by atoms with E-state index in [0.29, 0.717) is 0 Å². The van der Waals surface area contributed by atoms with E-state index in [1.807, 2.05) is 26.8 Å². The van der Waals surface area contributed by atoms with Gasteiger partial charge in [0.05, 0.1) is 0 Å². The smallest absolute Gasteiger partial charge is 0.152 e. The zero-order valence-corrected chi connectivity index (χ0v) is 8.47. The first-order chi connectivity index (χ1) is 6.00. The van der Waals surface area contributed by atoms with Crippen LogP contribution in [0.2, 0.25) is 0 Å². The fourth-order valence-electron chi connectivity index (χ4n) is 1.40. The molecule has 2 nitrogen and oxygen atoms in total. The fourth-order valence-corrected chi connectivity index (χ4v) is 1.40. The highest BCUT2D eigenvalue weighted by atomic mass is 16.3. The Morgan fingerprint density at radius 3 is 2.38 bits per heavy atom. The lowest BCUT2D eigenvalue weighted by Crippen LogP contribution is -1.85. The third-order valence-electron chi connectivity index (χ3n) is 1.89. The van der Waals surface area contributed by atoms with Crippen molar-refractivity contribution in [3.8, 4) is 0 Å². The molecule has 0 fully saturated rings. The Hall–Kier alpha value is -1.31. The Balaban J connectivity index is 3.08. The van der Waals surface area contributed by atoms with Crippen LogP contribution < -0.4 is 0 Å². The maximum atomic E-state index is 10.8. The second-order valence-electron chi connectivity index (χ2n) is 3.26. The summed E-state index contributed by atoms with van der Waals surface area (Å²) in [6.45, 7) is 7.27. The maximum absolute atomic E-state index is 10.8. The van der Waals surface area contributed by atoms with Gasteiger partial charge in [-0.3, -0.25) is 4.79 Å². The molecule has 2 heteroatoms. The van der Waals surface area contributed by atoms with Gasteiger partial charge in [0.1, 0.15) is 11.5 Å². The molecule has 0 saturated carbocycles. The lowest BCUT2D eigenvalue weighted by atomic mass is 10.1. The molecular formula is C11H14O2. The van der Waals surface area contributed by atoms with E-state index in [0.717, 1.165) is 22.7 Å². The zero-order valence-electron chi connectivity index (χ0n) is 8.47. The van der Waals surface area contributed by atoms with E-state index in [9.17, 15) is 4.79 Å². The Kier molecular flexibility index (Phi) is 2.71. The van der Waals surface area contributed by atoms with E-state index in [1.165, 1.54) is 0 Å². The van der Waals surface area contributed by atoms with Crippen LogP contribution in [-0.4, -0.2) is 5.78 Å². The van der Waals surface area contributed by atoms with Crippen LogP contribution in [0.5, 0.6) is 0 Å². The van der Waals surface area contributed by atoms with Crippen LogP contribution in [0.3, 0.4) is 0 Å². The molecule has 0 saturated heterocycles. The summed E-state index contributed by atoms with van der Waals surface area (Å²) >= 11 is 0. The molecule has 1 rings (SSSR count). The number of rotatable bonds is 2. The molecule has 1 aromatic rings. The lowest BCUT2D eigenvalue weighted by molar-refractivity contribution is -0.112. The molecule has 0 N–H and O–H groups in total. The SMILES string of the molecule is CC(=O)/C=C(/C)c1cc(C)oc1C. The van der Waals surface area contributed by atoms with Crippen molar-refractivity contribution in [1.29, 1.82) is 0 Å². The maximum Gasteiger partial charge on any atom is 0.152 e. The van der Waals surface area contributed by atoms with Gasteiger partial charge in [-0.1, -0.05) is 0 Å². The van der Waals surface area contributed by atoms with Gasteiger partial charge >= 0.3 is 0 Å². The first-order valence-electron chi connectivity index (χ1n) is 4.27. The van der Waals surface area contributed by atoms with Gasteiger partial charge in [-0.05, 0) is 45.4 Å². The van der Waals surface area contributed by atoms with Gasteiger partial charge in [0.2, 0.25) is 0 Å². The van der Waals surface area contributed by atoms with Crippen LogP contribution in [-0.2, 0) is 4.79 Å². The third-order valence-corrected chi connectivity index (χ3v) is 1.89. The van der Waals surface area contributed by atoms with Crippen LogP contribution in [0.15, 0.2) is 16.6 Å². The van der Waals surface area contributed by atoms with Crippen LogP contribution in [0, 0.1) is 13.8 Å². The molecule has 0 radical (unpaired) electrons. The average Bonchev–Trinajstić information content (AvgIpc) is 2.28. The summed E-state index contributed by atoms with van der Waals surface area (Å²) in [6.07, 6.45) is 1.62. The van der Waals surface area contributed by atoms with Crippen molar-refractivity contribution < 1.29 is 9.21 Å². The van der Waals surface area contributed by atoms with Gasteiger partial charge in [-0.25, -0.2) is 0 Å². The fraction of sp³-hybridized carbons (Fsp3) is 0.364. The van der Waals surface area contributed by atoms with E-state index in [2.05, 4.69) is 0 Å². The van der Waals surface area contributed by atoms with Crippen LogP contribution >= 0.6 is 0 Å². The molecule has 0 atom stereocenters. The van der Waals surface area contributed by atoms with E-state index in [-0.39, 0.29) is 5.78 Å². The normalized spacial score (nSPS) is 11.8. The van der Waals surface area contributed by atoms with Crippen molar-refractivity contribution in [2.75, 3.05) is 0 Å². The predicted molar refractivity (Wildman–Crippen MR) is 52.5 cm³/mol. The molecule has 0 amide bonds. The quantitative estimate of drug-likeness (QED) is 0.652. The summed E-state index contributed by atoms with van der Waals surface area (Å²) < 4.78 is 5.37. The largest absolute Gasteiger partial charge is 0.466 e. The monoisotopic (exact) mass is 178 g/mol. The van der Waals surface area contributed by atoms with Crippen molar-refractivity contribution in [3.63, 3.8) is 0 Å². The molecule has 0 aromatic carbocycles. The first-order valence-corrected chi connectivity index (χ1v) is 4.27. The minimum Gasteiger partial charge on any atom is -0.466 e. The molecule has 0 unspecified atom stereocenters. The van der Waals surface area contributed by atoms with Gasteiger partial charge < -0.3 is 4.42 Å². The Morgan fingerprint density at radius 2 is 2.00 bits per heavy atom. The molecule has 0 bridgehead atoms. The van der Waals surface area contributed by atoms with Crippen molar-refractivity contribution in [2.24, 2.45) is 0 Å². The Morgan fingerprint density at radius 1 is 1.38 bits per heavy atom. The number of carbonyl (C=O) groups is 1. The van der Waals surface area contributed by atoms with E-state index in [1.54, 1.807) is 13.0 Å². The van der Waals surface area contributed by atoms with Gasteiger partial charge in [-0.15, -0.1) is 0 Å². The first kappa shape index (κ1) is 9.78. The van der Waals surface area contributed by atoms with E-state index >= 15 is 0 Å². The number of hydrogen-bond donors (Lipinski definition) is 0. The van der Waals surface area contributed by atoms with Crippen LogP contribution in [0.25, 0.3) is 5.57 Å². The van der Waals surface area contributed by atoms with Crippen molar-refractivity contribution in [1.82, 2.24) is 0 Å².